The van der Waals surface area contributed by atoms with E-state index in [-0.39, 0.29) is 29.5 Å². The number of aliphatic hydroxyl groups is 13. The Hall–Kier alpha value is -1.18. The van der Waals surface area contributed by atoms with E-state index in [1.807, 2.05) is 6.92 Å². The highest BCUT2D eigenvalue weighted by atomic mass is 16.8. The van der Waals surface area contributed by atoms with Crippen molar-refractivity contribution in [1.82, 2.24) is 0 Å². The molecule has 31 atom stereocenters. The van der Waals surface area contributed by atoms with Gasteiger partial charge in [-0.2, -0.15) is 0 Å². The minimum absolute atomic E-state index is 0.0343. The Balaban J connectivity index is 0.809. The van der Waals surface area contributed by atoms with E-state index in [2.05, 4.69) is 26.8 Å². The van der Waals surface area contributed by atoms with E-state index in [0.717, 1.165) is 44.9 Å². The smallest absolute Gasteiger partial charge is 0.187 e. The molecule has 424 valence electrons. The van der Waals surface area contributed by atoms with Crippen LogP contribution < -0.4 is 0 Å². The van der Waals surface area contributed by atoms with Gasteiger partial charge in [0.15, 0.2) is 30.9 Å². The van der Waals surface area contributed by atoms with E-state index < -0.39 is 160 Å². The molecule has 9 fully saturated rings. The summed E-state index contributed by atoms with van der Waals surface area (Å²) in [6.07, 6.45) is -23.9. The van der Waals surface area contributed by atoms with Crippen molar-refractivity contribution in [2.75, 3.05) is 26.4 Å². The summed E-state index contributed by atoms with van der Waals surface area (Å²) >= 11 is 0. The fraction of sp³-hybridized carbons (Fsp3) is 0.961. The molecule has 0 radical (unpaired) electrons. The van der Waals surface area contributed by atoms with Gasteiger partial charge in [-0.25, -0.2) is 0 Å². The first kappa shape index (κ1) is 56.1. The van der Waals surface area contributed by atoms with Gasteiger partial charge in [0.05, 0.1) is 50.3 Å². The summed E-state index contributed by atoms with van der Waals surface area (Å²) in [5.74, 6) is 1.28. The van der Waals surface area contributed by atoms with Crippen LogP contribution in [-0.2, 0) is 47.4 Å². The van der Waals surface area contributed by atoms with Gasteiger partial charge in [-0.15, -0.1) is 0 Å². The summed E-state index contributed by atoms with van der Waals surface area (Å²) in [7, 11) is 0. The number of hydrogen-bond donors (Lipinski definition) is 13. The van der Waals surface area contributed by atoms with Crippen LogP contribution in [0.4, 0.5) is 0 Å². The lowest BCUT2D eigenvalue weighted by Crippen LogP contribution is -2.67. The van der Waals surface area contributed by atoms with Crippen LogP contribution >= 0.6 is 0 Å². The van der Waals surface area contributed by atoms with Crippen LogP contribution in [0.2, 0.25) is 0 Å². The molecule has 3 saturated carbocycles. The molecule has 13 N–H and O–H groups in total. The van der Waals surface area contributed by atoms with Gasteiger partial charge in [-0.05, 0) is 99.7 Å². The van der Waals surface area contributed by atoms with E-state index in [9.17, 15) is 66.4 Å². The van der Waals surface area contributed by atoms with Gasteiger partial charge in [-0.1, -0.05) is 32.4 Å². The van der Waals surface area contributed by atoms with Crippen molar-refractivity contribution in [3.05, 3.63) is 11.6 Å². The van der Waals surface area contributed by atoms with Gasteiger partial charge in [0.2, 0.25) is 0 Å². The zero-order valence-electron chi connectivity index (χ0n) is 42.8. The average Bonchev–Trinajstić information content (AvgIpc) is 4.02. The van der Waals surface area contributed by atoms with Crippen molar-refractivity contribution in [2.45, 2.75) is 239 Å². The molecule has 74 heavy (non-hydrogen) atoms. The minimum Gasteiger partial charge on any atom is -0.394 e. The number of allylic oxidation sites excluding steroid dienone is 1. The normalized spacial score (nSPS) is 57.4. The first-order chi connectivity index (χ1) is 35.0. The summed E-state index contributed by atoms with van der Waals surface area (Å²) in [5.41, 5.74) is 0.658. The maximum absolute atomic E-state index is 11.8. The molecule has 0 amide bonds. The zero-order valence-corrected chi connectivity index (χ0v) is 42.8. The largest absolute Gasteiger partial charge is 0.394 e. The average molecular weight is 1060 g/mol. The first-order valence-corrected chi connectivity index (χ1v) is 26.9. The maximum atomic E-state index is 11.8. The summed E-state index contributed by atoms with van der Waals surface area (Å²) in [6, 6.07) is 0. The predicted octanol–water partition coefficient (Wildman–Crippen LogP) is -2.85. The van der Waals surface area contributed by atoms with Crippen LogP contribution in [0, 0.1) is 40.4 Å². The minimum atomic E-state index is -2.02. The van der Waals surface area contributed by atoms with Crippen LogP contribution in [0.5, 0.6) is 0 Å². The molecule has 6 heterocycles. The molecule has 0 aromatic heterocycles. The number of hydrogen-bond acceptors (Lipinski definition) is 23. The molecular weight excluding hydrogens is 981 g/mol. The van der Waals surface area contributed by atoms with Crippen LogP contribution in [0.15, 0.2) is 11.6 Å². The number of ether oxygens (including phenoxy) is 10. The van der Waals surface area contributed by atoms with Gasteiger partial charge in [0.1, 0.15) is 91.6 Å². The second kappa shape index (κ2) is 21.0. The molecule has 1 spiro atoms. The summed E-state index contributed by atoms with van der Waals surface area (Å²) in [6.45, 7) is 8.06. The van der Waals surface area contributed by atoms with E-state index >= 15 is 0 Å². The van der Waals surface area contributed by atoms with Gasteiger partial charge in [0.25, 0.3) is 0 Å². The second-order valence-corrected chi connectivity index (χ2v) is 24.1. The molecule has 6 aliphatic heterocycles. The molecule has 10 rings (SSSR count). The summed E-state index contributed by atoms with van der Waals surface area (Å²) in [4.78, 5) is 0. The third-order valence-electron chi connectivity index (χ3n) is 20.0. The Labute approximate surface area is 430 Å². The SMILES string of the molecule is CC1OC(OC2C(CO)OC(OC3C(O)C(CO)OC(OC4C(OC5CCC6(C)C(=CCC7C6CCC6(C)C7CC7OC8(CCC(C)(CO)O8)C(C)C76)C5)OC(CO)C(O)C4O)C3O)C(O)C2O)C(O)C(O)C1O. The van der Waals surface area contributed by atoms with E-state index in [1.54, 1.807) is 0 Å². The highest BCUT2D eigenvalue weighted by molar-refractivity contribution is 5.27. The second-order valence-electron chi connectivity index (χ2n) is 24.1. The summed E-state index contributed by atoms with van der Waals surface area (Å²) in [5, 5.41) is 140. The van der Waals surface area contributed by atoms with Crippen LogP contribution in [0.1, 0.15) is 92.4 Å². The molecule has 10 aliphatic rings. The Morgan fingerprint density at radius 2 is 1.18 bits per heavy atom. The fourth-order valence-electron chi connectivity index (χ4n) is 15.6. The molecule has 6 saturated heterocycles. The zero-order chi connectivity index (χ0) is 53.1. The Kier molecular flexibility index (Phi) is 16.0. The Morgan fingerprint density at radius 1 is 0.568 bits per heavy atom. The maximum Gasteiger partial charge on any atom is 0.187 e. The molecule has 31 unspecified atom stereocenters. The number of aliphatic hydroxyl groups excluding tert-OH is 13. The van der Waals surface area contributed by atoms with E-state index in [0.29, 0.717) is 36.5 Å². The number of fused-ring (bicyclic) bond motifs is 7. The monoisotopic (exact) mass is 1060 g/mol. The van der Waals surface area contributed by atoms with Gasteiger partial charge in [0, 0.05) is 12.3 Å². The molecule has 23 heteroatoms. The molecular formula is C51H82O23. The topological polar surface area (TPSA) is 355 Å². The third-order valence-corrected chi connectivity index (χ3v) is 20.0. The fourth-order valence-corrected chi connectivity index (χ4v) is 15.6. The first-order valence-electron chi connectivity index (χ1n) is 26.9. The van der Waals surface area contributed by atoms with Gasteiger partial charge < -0.3 is 114 Å². The van der Waals surface area contributed by atoms with Gasteiger partial charge in [-0.3, -0.25) is 0 Å². The lowest BCUT2D eigenvalue weighted by Gasteiger charge is -2.58. The van der Waals surface area contributed by atoms with Crippen LogP contribution in [-0.4, -0.2) is 239 Å². The highest BCUT2D eigenvalue weighted by Gasteiger charge is 2.70. The third kappa shape index (κ3) is 9.29. The van der Waals surface area contributed by atoms with Crippen molar-refractivity contribution in [3.63, 3.8) is 0 Å². The quantitative estimate of drug-likeness (QED) is 0.0875. The highest BCUT2D eigenvalue weighted by Crippen LogP contribution is 2.71. The summed E-state index contributed by atoms with van der Waals surface area (Å²) < 4.78 is 61.0. The van der Waals surface area contributed by atoms with Crippen molar-refractivity contribution in [2.24, 2.45) is 40.4 Å². The lowest BCUT2D eigenvalue weighted by molar-refractivity contribution is -0.394. The standard InChI is InChI=1S/C51H82O23/c1-20-31-27(73-51(20)13-12-48(3,19-55)74-51)15-26-24-7-6-22-14-23(8-10-49(22,4)25(24)9-11-50(26,31)5)66-47-43(36(60)33(57)28(16-52)68-47)72-46-40(64)42(34(58)29(17-53)67-46)71-45-39(63)37(61)41(30(18-54)69-45)70-44-38(62)35(59)32(56)21(2)65-44/h6,20-21,23-47,52-64H,7-19H2,1-5H3. The molecule has 4 aliphatic carbocycles. The van der Waals surface area contributed by atoms with Crippen molar-refractivity contribution < 1.29 is 114 Å². The van der Waals surface area contributed by atoms with Crippen molar-refractivity contribution in [3.8, 4) is 0 Å². The lowest BCUT2D eigenvalue weighted by atomic mass is 9.47. The predicted molar refractivity (Wildman–Crippen MR) is 248 cm³/mol. The van der Waals surface area contributed by atoms with E-state index in [1.165, 1.54) is 12.5 Å². The van der Waals surface area contributed by atoms with Gasteiger partial charge >= 0.3 is 0 Å². The molecule has 0 aromatic carbocycles. The number of rotatable bonds is 12. The van der Waals surface area contributed by atoms with Crippen LogP contribution in [0.25, 0.3) is 0 Å². The Bertz CT molecular complexity index is 1990. The Morgan fingerprint density at radius 3 is 1.86 bits per heavy atom. The van der Waals surface area contributed by atoms with Crippen molar-refractivity contribution >= 4 is 0 Å². The molecule has 0 bridgehead atoms. The van der Waals surface area contributed by atoms with Crippen molar-refractivity contribution in [1.29, 1.82) is 0 Å². The van der Waals surface area contributed by atoms with Crippen LogP contribution in [0.3, 0.4) is 0 Å². The molecule has 23 nitrogen and oxygen atoms in total. The van der Waals surface area contributed by atoms with E-state index in [4.69, 9.17) is 47.4 Å². The molecule has 0 aromatic rings.